The second kappa shape index (κ2) is 5.29. The van der Waals surface area contributed by atoms with E-state index in [-0.39, 0.29) is 0 Å². The predicted octanol–water partition coefficient (Wildman–Crippen LogP) is 4.04. The molecule has 0 saturated carbocycles. The van der Waals surface area contributed by atoms with E-state index in [0.29, 0.717) is 17.8 Å². The molecule has 1 aliphatic rings. The van der Waals surface area contributed by atoms with Crippen molar-refractivity contribution in [2.24, 2.45) is 0 Å². The number of nitrogens with one attached hydrogen (secondary N) is 1. The van der Waals surface area contributed by atoms with E-state index in [4.69, 9.17) is 0 Å². The molecule has 2 aromatic carbocycles. The van der Waals surface area contributed by atoms with Gasteiger partial charge < -0.3 is 10.4 Å². The van der Waals surface area contributed by atoms with Crippen molar-refractivity contribution in [2.75, 3.05) is 0 Å². The first-order valence-electron chi connectivity index (χ1n) is 7.28. The number of phenols is 1. The molecule has 0 amide bonds. The third-order valence-corrected chi connectivity index (χ3v) is 4.31. The van der Waals surface area contributed by atoms with Gasteiger partial charge in [0.25, 0.3) is 0 Å². The van der Waals surface area contributed by atoms with Crippen molar-refractivity contribution in [2.45, 2.75) is 38.8 Å². The van der Waals surface area contributed by atoms with Crippen LogP contribution in [0.5, 0.6) is 5.75 Å². The quantitative estimate of drug-likeness (QED) is 0.879. The standard InChI is InChI=1S/C18H21NO/c1-12-5-3-4-6-16(12)13(2)19-18-10-7-14-11-15(20)8-9-17(14)18/h3-6,8-9,11,13,18-20H,7,10H2,1-2H3/t13-,18?/m1/s1. The molecule has 0 aromatic heterocycles. The van der Waals surface area contributed by atoms with Crippen molar-refractivity contribution in [3.8, 4) is 5.75 Å². The van der Waals surface area contributed by atoms with Crippen LogP contribution in [0.3, 0.4) is 0 Å². The van der Waals surface area contributed by atoms with Crippen LogP contribution in [-0.2, 0) is 6.42 Å². The van der Waals surface area contributed by atoms with Crippen LogP contribution in [0.1, 0.15) is 47.7 Å². The third-order valence-electron chi connectivity index (χ3n) is 4.31. The molecule has 0 aliphatic heterocycles. The summed E-state index contributed by atoms with van der Waals surface area (Å²) < 4.78 is 0. The summed E-state index contributed by atoms with van der Waals surface area (Å²) in [7, 11) is 0. The minimum Gasteiger partial charge on any atom is -0.508 e. The SMILES string of the molecule is Cc1ccccc1[C@@H](C)NC1CCc2cc(O)ccc21. The highest BCUT2D eigenvalue weighted by atomic mass is 16.3. The first kappa shape index (κ1) is 13.2. The van der Waals surface area contributed by atoms with E-state index in [1.165, 1.54) is 22.3 Å². The van der Waals surface area contributed by atoms with Gasteiger partial charge in [0, 0.05) is 12.1 Å². The van der Waals surface area contributed by atoms with E-state index in [1.54, 1.807) is 6.07 Å². The van der Waals surface area contributed by atoms with Crippen LogP contribution in [0.15, 0.2) is 42.5 Å². The molecule has 104 valence electrons. The van der Waals surface area contributed by atoms with Crippen molar-refractivity contribution < 1.29 is 5.11 Å². The molecule has 0 saturated heterocycles. The largest absolute Gasteiger partial charge is 0.508 e. The fourth-order valence-corrected chi connectivity index (χ4v) is 3.24. The van der Waals surface area contributed by atoms with E-state index in [9.17, 15) is 5.11 Å². The molecule has 1 unspecified atom stereocenters. The van der Waals surface area contributed by atoms with Crippen LogP contribution in [-0.4, -0.2) is 5.11 Å². The monoisotopic (exact) mass is 267 g/mol. The molecule has 0 spiro atoms. The topological polar surface area (TPSA) is 32.3 Å². The summed E-state index contributed by atoms with van der Waals surface area (Å²) >= 11 is 0. The molecular weight excluding hydrogens is 246 g/mol. The Morgan fingerprint density at radius 3 is 2.80 bits per heavy atom. The number of phenolic OH excluding ortho intramolecular Hbond substituents is 1. The average Bonchev–Trinajstić information content (AvgIpc) is 2.81. The predicted molar refractivity (Wildman–Crippen MR) is 81.9 cm³/mol. The van der Waals surface area contributed by atoms with E-state index in [0.717, 1.165) is 12.8 Å². The summed E-state index contributed by atoms with van der Waals surface area (Å²) in [4.78, 5) is 0. The highest BCUT2D eigenvalue weighted by molar-refractivity contribution is 5.40. The van der Waals surface area contributed by atoms with Gasteiger partial charge in [-0.1, -0.05) is 30.3 Å². The highest BCUT2D eigenvalue weighted by Crippen LogP contribution is 2.35. The summed E-state index contributed by atoms with van der Waals surface area (Å²) in [6.07, 6.45) is 2.15. The van der Waals surface area contributed by atoms with Crippen molar-refractivity contribution in [3.63, 3.8) is 0 Å². The van der Waals surface area contributed by atoms with Gasteiger partial charge in [0.15, 0.2) is 0 Å². The van der Waals surface area contributed by atoms with Gasteiger partial charge >= 0.3 is 0 Å². The Labute approximate surface area is 120 Å². The average molecular weight is 267 g/mol. The van der Waals surface area contributed by atoms with E-state index in [1.807, 2.05) is 6.07 Å². The Hall–Kier alpha value is -1.80. The molecule has 3 rings (SSSR count). The molecule has 0 radical (unpaired) electrons. The minimum absolute atomic E-state index is 0.334. The zero-order valence-electron chi connectivity index (χ0n) is 12.1. The van der Waals surface area contributed by atoms with Gasteiger partial charge in [-0.2, -0.15) is 0 Å². The lowest BCUT2D eigenvalue weighted by molar-refractivity contribution is 0.463. The summed E-state index contributed by atoms with van der Waals surface area (Å²) in [5.74, 6) is 0.372. The molecule has 0 bridgehead atoms. The number of rotatable bonds is 3. The van der Waals surface area contributed by atoms with Gasteiger partial charge in [-0.3, -0.25) is 0 Å². The van der Waals surface area contributed by atoms with Gasteiger partial charge in [-0.05, 0) is 61.1 Å². The van der Waals surface area contributed by atoms with Crippen molar-refractivity contribution in [1.29, 1.82) is 0 Å². The van der Waals surface area contributed by atoms with Crippen molar-refractivity contribution >= 4 is 0 Å². The summed E-state index contributed by atoms with van der Waals surface area (Å²) in [6.45, 7) is 4.38. The van der Waals surface area contributed by atoms with E-state index < -0.39 is 0 Å². The zero-order valence-corrected chi connectivity index (χ0v) is 12.1. The van der Waals surface area contributed by atoms with Crippen molar-refractivity contribution in [3.05, 3.63) is 64.7 Å². The summed E-state index contributed by atoms with van der Waals surface area (Å²) in [5, 5.41) is 13.3. The van der Waals surface area contributed by atoms with Gasteiger partial charge in [0.05, 0.1) is 0 Å². The number of aromatic hydroxyl groups is 1. The van der Waals surface area contributed by atoms with Crippen molar-refractivity contribution in [1.82, 2.24) is 5.32 Å². The Morgan fingerprint density at radius 2 is 2.00 bits per heavy atom. The van der Waals surface area contributed by atoms with E-state index >= 15 is 0 Å². The molecule has 2 N–H and O–H groups in total. The lowest BCUT2D eigenvalue weighted by Crippen LogP contribution is -2.23. The number of hydrogen-bond acceptors (Lipinski definition) is 2. The summed E-state index contributed by atoms with van der Waals surface area (Å²) in [5.41, 5.74) is 5.30. The van der Waals surface area contributed by atoms with Crippen LogP contribution < -0.4 is 5.32 Å². The number of benzene rings is 2. The van der Waals surface area contributed by atoms with Crippen LogP contribution in [0.4, 0.5) is 0 Å². The fraction of sp³-hybridized carbons (Fsp3) is 0.333. The molecule has 0 fully saturated rings. The van der Waals surface area contributed by atoms with Gasteiger partial charge in [-0.15, -0.1) is 0 Å². The molecule has 1 aliphatic carbocycles. The maximum atomic E-state index is 9.56. The molecule has 20 heavy (non-hydrogen) atoms. The Morgan fingerprint density at radius 1 is 1.20 bits per heavy atom. The van der Waals surface area contributed by atoms with Crippen LogP contribution in [0, 0.1) is 6.92 Å². The van der Waals surface area contributed by atoms with Gasteiger partial charge in [0.2, 0.25) is 0 Å². The normalized spacial score (nSPS) is 18.8. The summed E-state index contributed by atoms with van der Waals surface area (Å²) in [6, 6.07) is 15.0. The molecule has 2 heteroatoms. The fourth-order valence-electron chi connectivity index (χ4n) is 3.24. The van der Waals surface area contributed by atoms with Crippen LogP contribution in [0.25, 0.3) is 0 Å². The van der Waals surface area contributed by atoms with Gasteiger partial charge in [-0.25, -0.2) is 0 Å². The minimum atomic E-state index is 0.334. The number of hydrogen-bond donors (Lipinski definition) is 2. The third kappa shape index (κ3) is 2.44. The maximum Gasteiger partial charge on any atom is 0.115 e. The first-order chi connectivity index (χ1) is 9.65. The molecular formula is C18H21NO. The molecule has 2 atom stereocenters. The number of aryl methyl sites for hydroxylation is 2. The number of fused-ring (bicyclic) bond motifs is 1. The lowest BCUT2D eigenvalue weighted by Gasteiger charge is -2.22. The highest BCUT2D eigenvalue weighted by Gasteiger charge is 2.24. The Bertz CT molecular complexity index is 621. The van der Waals surface area contributed by atoms with Gasteiger partial charge in [0.1, 0.15) is 5.75 Å². The smallest absolute Gasteiger partial charge is 0.115 e. The lowest BCUT2D eigenvalue weighted by atomic mass is 10.0. The second-order valence-electron chi connectivity index (χ2n) is 5.72. The van der Waals surface area contributed by atoms with E-state index in [2.05, 4.69) is 49.5 Å². The molecule has 2 aromatic rings. The Kier molecular flexibility index (Phi) is 3.49. The maximum absolute atomic E-state index is 9.56. The first-order valence-corrected chi connectivity index (χ1v) is 7.28. The van der Waals surface area contributed by atoms with Crippen LogP contribution >= 0.6 is 0 Å². The second-order valence-corrected chi connectivity index (χ2v) is 5.72. The zero-order chi connectivity index (χ0) is 14.1. The molecule has 0 heterocycles. The molecule has 2 nitrogen and oxygen atoms in total. The Balaban J connectivity index is 1.79. The van der Waals surface area contributed by atoms with Crippen LogP contribution in [0.2, 0.25) is 0 Å².